The Kier molecular flexibility index (Phi) is 5.83. The molecule has 0 aliphatic heterocycles. The van der Waals surface area contributed by atoms with Crippen molar-refractivity contribution in [2.75, 3.05) is 0 Å². The Morgan fingerprint density at radius 1 is 1.26 bits per heavy atom. The molecule has 1 rings (SSSR count). The van der Waals surface area contributed by atoms with Crippen LogP contribution < -0.4 is 5.32 Å². The van der Waals surface area contributed by atoms with Crippen LogP contribution in [0, 0.1) is 23.7 Å². The van der Waals surface area contributed by atoms with Gasteiger partial charge in [-0.05, 0) is 38.0 Å². The van der Waals surface area contributed by atoms with E-state index < -0.39 is 11.9 Å². The van der Waals surface area contributed by atoms with Gasteiger partial charge in [-0.1, -0.05) is 27.2 Å². The summed E-state index contributed by atoms with van der Waals surface area (Å²) in [6.07, 6.45) is 3.35. The van der Waals surface area contributed by atoms with Gasteiger partial charge in [-0.2, -0.15) is 0 Å². The van der Waals surface area contributed by atoms with Crippen LogP contribution in [0.15, 0.2) is 0 Å². The van der Waals surface area contributed by atoms with Crippen LogP contribution in [0.5, 0.6) is 0 Å². The Bertz CT molecular complexity index is 329. The lowest BCUT2D eigenvalue weighted by atomic mass is 9.94. The molecule has 4 nitrogen and oxygen atoms in total. The predicted octanol–water partition coefficient (Wildman–Crippen LogP) is 2.67. The van der Waals surface area contributed by atoms with Gasteiger partial charge in [-0.15, -0.1) is 0 Å². The summed E-state index contributed by atoms with van der Waals surface area (Å²) in [6, 6.07) is 0.118. The summed E-state index contributed by atoms with van der Waals surface area (Å²) in [4.78, 5) is 23.4. The SMILES string of the molecule is CCC(C)CC(C)NC(=O)C1CC(C)CC1C(=O)O. The molecule has 1 aliphatic rings. The van der Waals surface area contributed by atoms with Crippen molar-refractivity contribution in [3.8, 4) is 0 Å². The van der Waals surface area contributed by atoms with Crippen molar-refractivity contribution in [3.05, 3.63) is 0 Å². The van der Waals surface area contributed by atoms with Crippen LogP contribution in [-0.2, 0) is 9.59 Å². The van der Waals surface area contributed by atoms with E-state index in [0.717, 1.165) is 12.8 Å². The maximum absolute atomic E-state index is 12.2. The number of amides is 1. The van der Waals surface area contributed by atoms with Crippen LogP contribution in [0.1, 0.15) is 53.4 Å². The topological polar surface area (TPSA) is 66.4 Å². The summed E-state index contributed by atoms with van der Waals surface area (Å²) in [5.74, 6) is -0.876. The zero-order valence-corrected chi connectivity index (χ0v) is 12.5. The van der Waals surface area contributed by atoms with Gasteiger partial charge in [-0.3, -0.25) is 9.59 Å². The van der Waals surface area contributed by atoms with E-state index in [2.05, 4.69) is 19.2 Å². The second-order valence-electron chi connectivity index (χ2n) is 6.29. The molecule has 5 atom stereocenters. The Morgan fingerprint density at radius 3 is 2.37 bits per heavy atom. The van der Waals surface area contributed by atoms with E-state index in [4.69, 9.17) is 0 Å². The lowest BCUT2D eigenvalue weighted by Gasteiger charge is -2.21. The molecule has 4 heteroatoms. The Balaban J connectivity index is 2.54. The van der Waals surface area contributed by atoms with Crippen molar-refractivity contribution in [3.63, 3.8) is 0 Å². The first-order chi connectivity index (χ1) is 8.85. The van der Waals surface area contributed by atoms with E-state index in [1.165, 1.54) is 0 Å². The van der Waals surface area contributed by atoms with Gasteiger partial charge in [0.1, 0.15) is 0 Å². The number of nitrogens with one attached hydrogen (secondary N) is 1. The molecule has 1 saturated carbocycles. The third-order valence-corrected chi connectivity index (χ3v) is 4.29. The smallest absolute Gasteiger partial charge is 0.307 e. The molecule has 0 aromatic carbocycles. The van der Waals surface area contributed by atoms with Gasteiger partial charge in [0.05, 0.1) is 11.8 Å². The molecule has 0 spiro atoms. The molecule has 19 heavy (non-hydrogen) atoms. The lowest BCUT2D eigenvalue weighted by molar-refractivity contribution is -0.146. The largest absolute Gasteiger partial charge is 0.481 e. The van der Waals surface area contributed by atoms with Crippen LogP contribution >= 0.6 is 0 Å². The van der Waals surface area contributed by atoms with Crippen molar-refractivity contribution in [1.82, 2.24) is 5.32 Å². The molecular formula is C15H27NO3. The highest BCUT2D eigenvalue weighted by molar-refractivity contribution is 5.85. The summed E-state index contributed by atoms with van der Waals surface area (Å²) in [5.41, 5.74) is 0. The van der Waals surface area contributed by atoms with Crippen LogP contribution in [0.4, 0.5) is 0 Å². The number of carboxylic acid groups (broad SMARTS) is 1. The third kappa shape index (κ3) is 4.51. The van der Waals surface area contributed by atoms with E-state index in [1.54, 1.807) is 0 Å². The number of rotatable bonds is 6. The molecule has 0 aromatic heterocycles. The number of carbonyl (C=O) groups excluding carboxylic acids is 1. The molecule has 2 N–H and O–H groups in total. The first kappa shape index (κ1) is 16.0. The zero-order chi connectivity index (χ0) is 14.6. The van der Waals surface area contributed by atoms with E-state index in [1.807, 2.05) is 13.8 Å². The monoisotopic (exact) mass is 269 g/mol. The summed E-state index contributed by atoms with van der Waals surface area (Å²) in [6.45, 7) is 8.32. The van der Waals surface area contributed by atoms with Crippen LogP contribution in [0.3, 0.4) is 0 Å². The maximum Gasteiger partial charge on any atom is 0.307 e. The van der Waals surface area contributed by atoms with Gasteiger partial charge >= 0.3 is 5.97 Å². The number of carbonyl (C=O) groups is 2. The molecule has 1 fully saturated rings. The van der Waals surface area contributed by atoms with E-state index in [9.17, 15) is 14.7 Å². The van der Waals surface area contributed by atoms with Crippen molar-refractivity contribution in [1.29, 1.82) is 0 Å². The molecule has 5 unspecified atom stereocenters. The fourth-order valence-electron chi connectivity index (χ4n) is 3.03. The van der Waals surface area contributed by atoms with Crippen LogP contribution in [0.25, 0.3) is 0 Å². The van der Waals surface area contributed by atoms with Crippen molar-refractivity contribution >= 4 is 11.9 Å². The van der Waals surface area contributed by atoms with E-state index in [-0.39, 0.29) is 17.9 Å². The Morgan fingerprint density at radius 2 is 1.84 bits per heavy atom. The molecule has 110 valence electrons. The first-order valence-electron chi connectivity index (χ1n) is 7.38. The fraction of sp³-hybridized carbons (Fsp3) is 0.867. The number of hydrogen-bond donors (Lipinski definition) is 2. The summed E-state index contributed by atoms with van der Waals surface area (Å²) in [5, 5.41) is 12.2. The maximum atomic E-state index is 12.2. The average Bonchev–Trinajstić information content (AvgIpc) is 2.71. The Hall–Kier alpha value is -1.06. The fourth-order valence-corrected chi connectivity index (χ4v) is 3.03. The van der Waals surface area contributed by atoms with Crippen LogP contribution in [-0.4, -0.2) is 23.0 Å². The minimum Gasteiger partial charge on any atom is -0.481 e. The van der Waals surface area contributed by atoms with Gasteiger partial charge < -0.3 is 10.4 Å². The summed E-state index contributed by atoms with van der Waals surface area (Å²) < 4.78 is 0. The van der Waals surface area contributed by atoms with Crippen molar-refractivity contribution in [2.45, 2.75) is 59.4 Å². The highest BCUT2D eigenvalue weighted by atomic mass is 16.4. The first-order valence-corrected chi connectivity index (χ1v) is 7.38. The van der Waals surface area contributed by atoms with Crippen LogP contribution in [0.2, 0.25) is 0 Å². The van der Waals surface area contributed by atoms with Gasteiger partial charge in [0.25, 0.3) is 0 Å². The molecular weight excluding hydrogens is 242 g/mol. The molecule has 0 heterocycles. The number of carboxylic acids is 1. The van der Waals surface area contributed by atoms with E-state index in [0.29, 0.717) is 24.7 Å². The summed E-state index contributed by atoms with van der Waals surface area (Å²) >= 11 is 0. The molecule has 1 aliphatic carbocycles. The second-order valence-corrected chi connectivity index (χ2v) is 6.29. The normalized spacial score (nSPS) is 29.8. The predicted molar refractivity (Wildman–Crippen MR) is 74.7 cm³/mol. The quantitative estimate of drug-likeness (QED) is 0.779. The standard InChI is InChI=1S/C15H27NO3/c1-5-9(2)6-11(4)16-14(17)12-7-10(3)8-13(12)15(18)19/h9-13H,5-8H2,1-4H3,(H,16,17)(H,18,19). The molecule has 0 bridgehead atoms. The summed E-state index contributed by atoms with van der Waals surface area (Å²) in [7, 11) is 0. The minimum absolute atomic E-state index is 0.0763. The molecule has 1 amide bonds. The van der Waals surface area contributed by atoms with Gasteiger partial charge in [0.15, 0.2) is 0 Å². The van der Waals surface area contributed by atoms with Gasteiger partial charge in [0.2, 0.25) is 5.91 Å². The molecule has 0 aromatic rings. The number of aliphatic carboxylic acids is 1. The van der Waals surface area contributed by atoms with Gasteiger partial charge in [0, 0.05) is 6.04 Å². The minimum atomic E-state index is -0.834. The lowest BCUT2D eigenvalue weighted by Crippen LogP contribution is -2.40. The van der Waals surface area contributed by atoms with Gasteiger partial charge in [-0.25, -0.2) is 0 Å². The molecule has 0 saturated heterocycles. The molecule has 0 radical (unpaired) electrons. The van der Waals surface area contributed by atoms with Crippen molar-refractivity contribution in [2.24, 2.45) is 23.7 Å². The third-order valence-electron chi connectivity index (χ3n) is 4.29. The Labute approximate surface area is 116 Å². The highest BCUT2D eigenvalue weighted by Crippen LogP contribution is 2.36. The zero-order valence-electron chi connectivity index (χ0n) is 12.5. The second kappa shape index (κ2) is 6.92. The average molecular weight is 269 g/mol. The number of hydrogen-bond acceptors (Lipinski definition) is 2. The highest BCUT2D eigenvalue weighted by Gasteiger charge is 2.41. The van der Waals surface area contributed by atoms with E-state index >= 15 is 0 Å². The van der Waals surface area contributed by atoms with Crippen molar-refractivity contribution < 1.29 is 14.7 Å².